The van der Waals surface area contributed by atoms with Crippen LogP contribution in [0.2, 0.25) is 0 Å². The normalized spacial score (nSPS) is 14.3. The average molecular weight is 640 g/mol. The van der Waals surface area contributed by atoms with Crippen molar-refractivity contribution in [2.24, 2.45) is 0 Å². The highest BCUT2D eigenvalue weighted by Crippen LogP contribution is 2.44. The number of nitrogens with one attached hydrogen (secondary N) is 2. The van der Waals surface area contributed by atoms with Crippen LogP contribution in [0.3, 0.4) is 0 Å². The molecule has 45 heavy (non-hydrogen) atoms. The summed E-state index contributed by atoms with van der Waals surface area (Å²) in [7, 11) is 3.39. The second kappa shape index (κ2) is 13.1. The summed E-state index contributed by atoms with van der Waals surface area (Å²) in [5.41, 5.74) is 3.22. The van der Waals surface area contributed by atoms with E-state index in [9.17, 15) is 27.2 Å². The van der Waals surface area contributed by atoms with Crippen LogP contribution >= 0.6 is 11.9 Å². The number of hydrogen-bond acceptors (Lipinski definition) is 6. The molecule has 1 heterocycles. The molecule has 0 saturated carbocycles. The van der Waals surface area contributed by atoms with E-state index < -0.39 is 24.4 Å². The van der Waals surface area contributed by atoms with Crippen molar-refractivity contribution in [1.82, 2.24) is 14.9 Å². The SMILES string of the molecule is CNC(=O)c1c(-c2ccc(Oc3cccc(F)c3)cc2)oc2c1CC(c1cccc(C(=O)NCC(F)(F)F)c1)C(N(C)SC)=C2. The van der Waals surface area contributed by atoms with Crippen LogP contribution in [0, 0.1) is 5.82 Å². The molecule has 0 aliphatic heterocycles. The Balaban J connectivity index is 1.51. The molecular weight excluding hydrogens is 610 g/mol. The molecule has 0 fully saturated rings. The van der Waals surface area contributed by atoms with E-state index in [0.717, 1.165) is 5.70 Å². The summed E-state index contributed by atoms with van der Waals surface area (Å²) in [4.78, 5) is 25.8. The maximum atomic E-state index is 13.6. The molecule has 0 bridgehead atoms. The monoisotopic (exact) mass is 639 g/mol. The Labute approximate surface area is 261 Å². The second-order valence-electron chi connectivity index (χ2n) is 10.2. The van der Waals surface area contributed by atoms with E-state index in [0.29, 0.717) is 51.7 Å². The number of hydrogen-bond donors (Lipinski definition) is 2. The molecule has 234 valence electrons. The fourth-order valence-corrected chi connectivity index (χ4v) is 5.53. The van der Waals surface area contributed by atoms with Gasteiger partial charge >= 0.3 is 6.18 Å². The van der Waals surface area contributed by atoms with E-state index in [1.54, 1.807) is 54.6 Å². The maximum absolute atomic E-state index is 13.6. The third kappa shape index (κ3) is 7.17. The number of fused-ring (bicyclic) bond motifs is 1. The van der Waals surface area contributed by atoms with Crippen molar-refractivity contribution in [3.63, 3.8) is 0 Å². The van der Waals surface area contributed by atoms with E-state index >= 15 is 0 Å². The van der Waals surface area contributed by atoms with Gasteiger partial charge in [0.2, 0.25) is 0 Å². The Hall–Kier alpha value is -4.71. The summed E-state index contributed by atoms with van der Waals surface area (Å²) < 4.78 is 65.7. The van der Waals surface area contributed by atoms with E-state index in [2.05, 4.69) is 5.32 Å². The lowest BCUT2D eigenvalue weighted by Crippen LogP contribution is -2.33. The zero-order valence-corrected chi connectivity index (χ0v) is 25.3. The van der Waals surface area contributed by atoms with Crippen molar-refractivity contribution in [2.45, 2.75) is 18.5 Å². The van der Waals surface area contributed by atoms with Crippen LogP contribution in [0.15, 0.2) is 82.9 Å². The van der Waals surface area contributed by atoms with Gasteiger partial charge in [-0.15, -0.1) is 0 Å². The van der Waals surface area contributed by atoms with Gasteiger partial charge in [-0.2, -0.15) is 13.2 Å². The van der Waals surface area contributed by atoms with Gasteiger partial charge in [-0.3, -0.25) is 9.59 Å². The highest BCUT2D eigenvalue weighted by atomic mass is 32.2. The minimum atomic E-state index is -4.53. The Morgan fingerprint density at radius 1 is 1.02 bits per heavy atom. The molecule has 5 rings (SSSR count). The van der Waals surface area contributed by atoms with Crippen molar-refractivity contribution in [3.05, 3.63) is 112 Å². The number of carbonyl (C=O) groups is 2. The number of halogens is 4. The summed E-state index contributed by atoms with van der Waals surface area (Å²) in [5, 5.41) is 4.60. The standard InChI is InChI=1S/C33H29F4N3O4S/c1-38-32(42)29-26-16-25(20-6-4-7-21(14-20)31(41)39-18-33(35,36)37)27(40(2)45-3)17-28(26)44-30(29)19-10-12-23(13-11-19)43-24-9-5-8-22(34)15-24/h4-15,17,25H,16,18H2,1-3H3,(H,38,42)(H,39,41). The predicted molar refractivity (Wildman–Crippen MR) is 165 cm³/mol. The lowest BCUT2D eigenvalue weighted by atomic mass is 9.82. The van der Waals surface area contributed by atoms with E-state index in [1.165, 1.54) is 37.2 Å². The van der Waals surface area contributed by atoms with Gasteiger partial charge in [0.25, 0.3) is 11.8 Å². The van der Waals surface area contributed by atoms with E-state index in [4.69, 9.17) is 9.15 Å². The van der Waals surface area contributed by atoms with Gasteiger partial charge in [-0.25, -0.2) is 4.39 Å². The molecule has 4 aromatic rings. The molecule has 3 aromatic carbocycles. The molecule has 12 heteroatoms. The number of rotatable bonds is 9. The Morgan fingerprint density at radius 2 is 1.76 bits per heavy atom. The fourth-order valence-electron chi connectivity index (χ4n) is 5.14. The first-order chi connectivity index (χ1) is 21.5. The smallest absolute Gasteiger partial charge is 0.405 e. The molecule has 2 amide bonds. The van der Waals surface area contributed by atoms with Crippen LogP contribution in [0.4, 0.5) is 17.6 Å². The molecule has 1 aromatic heterocycles. The van der Waals surface area contributed by atoms with Crippen molar-refractivity contribution in [2.75, 3.05) is 26.9 Å². The fraction of sp³-hybridized carbons (Fsp3) is 0.212. The van der Waals surface area contributed by atoms with Crippen molar-refractivity contribution in [1.29, 1.82) is 0 Å². The van der Waals surface area contributed by atoms with Crippen LogP contribution in [0.5, 0.6) is 11.5 Å². The molecular formula is C33H29F4N3O4S. The lowest BCUT2D eigenvalue weighted by molar-refractivity contribution is -0.123. The Morgan fingerprint density at radius 3 is 2.42 bits per heavy atom. The quantitative estimate of drug-likeness (QED) is 0.147. The first-order valence-corrected chi connectivity index (χ1v) is 15.0. The Kier molecular flexibility index (Phi) is 9.24. The highest BCUT2D eigenvalue weighted by Gasteiger charge is 2.34. The van der Waals surface area contributed by atoms with Crippen LogP contribution in [0.1, 0.15) is 43.5 Å². The molecule has 0 radical (unpaired) electrons. The van der Waals surface area contributed by atoms with Gasteiger partial charge in [0.15, 0.2) is 0 Å². The van der Waals surface area contributed by atoms with Gasteiger partial charge in [-0.1, -0.05) is 30.1 Å². The summed E-state index contributed by atoms with van der Waals surface area (Å²) >= 11 is 1.45. The minimum absolute atomic E-state index is 0.0914. The lowest BCUT2D eigenvalue weighted by Gasteiger charge is -2.31. The second-order valence-corrected chi connectivity index (χ2v) is 11.2. The number of carbonyl (C=O) groups excluding carboxylic acids is 2. The topological polar surface area (TPSA) is 83.8 Å². The number of amides is 2. The van der Waals surface area contributed by atoms with E-state index in [1.807, 2.05) is 29.0 Å². The zero-order valence-electron chi connectivity index (χ0n) is 24.5. The van der Waals surface area contributed by atoms with Gasteiger partial charge in [0.05, 0.1) is 5.56 Å². The summed E-state index contributed by atoms with van der Waals surface area (Å²) in [5.74, 6) is -0.318. The van der Waals surface area contributed by atoms with Gasteiger partial charge in [0, 0.05) is 60.8 Å². The number of ether oxygens (including phenoxy) is 1. The van der Waals surface area contributed by atoms with Crippen LogP contribution < -0.4 is 15.4 Å². The number of allylic oxidation sites excluding steroid dienone is 1. The predicted octanol–water partition coefficient (Wildman–Crippen LogP) is 7.42. The maximum Gasteiger partial charge on any atom is 0.405 e. The average Bonchev–Trinajstić information content (AvgIpc) is 3.41. The molecule has 1 unspecified atom stereocenters. The molecule has 1 atom stereocenters. The molecule has 7 nitrogen and oxygen atoms in total. The molecule has 0 spiro atoms. The number of likely N-dealkylation sites (N-methyl/N-ethyl adjacent to an activating group) is 1. The van der Waals surface area contributed by atoms with Crippen molar-refractivity contribution < 1.29 is 36.3 Å². The third-order valence-electron chi connectivity index (χ3n) is 7.32. The zero-order chi connectivity index (χ0) is 32.3. The van der Waals surface area contributed by atoms with E-state index in [-0.39, 0.29) is 17.4 Å². The third-order valence-corrected chi connectivity index (χ3v) is 8.08. The molecule has 1 aliphatic rings. The highest BCUT2D eigenvalue weighted by molar-refractivity contribution is 7.96. The van der Waals surface area contributed by atoms with Crippen LogP contribution in [0.25, 0.3) is 17.4 Å². The number of alkyl halides is 3. The number of furan rings is 1. The summed E-state index contributed by atoms with van der Waals surface area (Å²) in [6, 6.07) is 19.1. The largest absolute Gasteiger partial charge is 0.457 e. The van der Waals surface area contributed by atoms with Crippen LogP contribution in [-0.2, 0) is 6.42 Å². The van der Waals surface area contributed by atoms with Crippen molar-refractivity contribution >= 4 is 29.8 Å². The number of benzene rings is 3. The first-order valence-electron chi connectivity index (χ1n) is 13.8. The Bertz CT molecular complexity index is 1750. The molecule has 2 N–H and O–H groups in total. The van der Waals surface area contributed by atoms with Crippen LogP contribution in [-0.4, -0.2) is 49.2 Å². The molecule has 0 saturated heterocycles. The summed E-state index contributed by atoms with van der Waals surface area (Å²) in [6.07, 6.45) is -0.472. The summed E-state index contributed by atoms with van der Waals surface area (Å²) in [6.45, 7) is -1.44. The molecule has 1 aliphatic carbocycles. The number of nitrogens with zero attached hydrogens (tertiary/aromatic N) is 1. The van der Waals surface area contributed by atoms with Gasteiger partial charge < -0.3 is 24.1 Å². The minimum Gasteiger partial charge on any atom is -0.457 e. The van der Waals surface area contributed by atoms with Crippen molar-refractivity contribution in [3.8, 4) is 22.8 Å². The van der Waals surface area contributed by atoms with Gasteiger partial charge in [0.1, 0.15) is 35.4 Å². The van der Waals surface area contributed by atoms with Gasteiger partial charge in [-0.05, 0) is 60.5 Å². The first kappa shape index (κ1) is 31.7.